The van der Waals surface area contributed by atoms with Crippen molar-refractivity contribution in [3.63, 3.8) is 0 Å². The van der Waals surface area contributed by atoms with Gasteiger partial charge in [0.25, 0.3) is 0 Å². The van der Waals surface area contributed by atoms with Crippen molar-refractivity contribution in [1.82, 2.24) is 20.1 Å². The highest BCUT2D eigenvalue weighted by atomic mass is 35.5. The van der Waals surface area contributed by atoms with Gasteiger partial charge in [0.05, 0.1) is 19.3 Å². The Bertz CT molecular complexity index is 541. The molecule has 5 atom stereocenters. The normalized spacial score (nSPS) is 34.7. The minimum atomic E-state index is -1.21. The molecule has 1 fully saturated rings. The highest BCUT2D eigenvalue weighted by molar-refractivity contribution is 5.95. The van der Waals surface area contributed by atoms with E-state index in [1.54, 1.807) is 0 Å². The first-order chi connectivity index (χ1) is 10.1. The van der Waals surface area contributed by atoms with E-state index in [-0.39, 0.29) is 19.0 Å². The van der Waals surface area contributed by atoms with Gasteiger partial charge in [0.1, 0.15) is 24.6 Å². The molecule has 1 aromatic rings. The van der Waals surface area contributed by atoms with E-state index >= 15 is 0 Å². The standard InChI is InChI=1S/C11H17N5O5.ClH/c17-3-6-7(19)8(20)11(21-6)16-4-14-10(15-16)9-12-1-5(18)2-13-9;/h4-8,11,17-20H,1-3H2,(H,12,13);1H. The number of nitrogens with one attached hydrogen (secondary N) is 1. The van der Waals surface area contributed by atoms with Crippen LogP contribution in [0, 0.1) is 0 Å². The van der Waals surface area contributed by atoms with Gasteiger partial charge in [-0.25, -0.2) is 9.67 Å². The topological polar surface area (TPSA) is 145 Å². The lowest BCUT2D eigenvalue weighted by Gasteiger charge is -2.17. The van der Waals surface area contributed by atoms with Crippen LogP contribution in [0.3, 0.4) is 0 Å². The van der Waals surface area contributed by atoms with Crippen LogP contribution >= 0.6 is 12.4 Å². The number of aromatic nitrogens is 3. The maximum atomic E-state index is 9.91. The number of aliphatic hydroxyl groups excluding tert-OH is 4. The summed E-state index contributed by atoms with van der Waals surface area (Å²) in [5.74, 6) is 0.755. The van der Waals surface area contributed by atoms with Crippen LogP contribution in [0.4, 0.5) is 0 Å². The first-order valence-electron chi connectivity index (χ1n) is 6.60. The zero-order valence-electron chi connectivity index (χ0n) is 11.5. The SMILES string of the molecule is Cl.OCC1OC(n2cnc(C3=NCC(O)CN3)n2)C(O)C1O. The number of ether oxygens (including phenoxy) is 1. The summed E-state index contributed by atoms with van der Waals surface area (Å²) in [6, 6.07) is 0. The van der Waals surface area contributed by atoms with Crippen LogP contribution in [-0.4, -0.2) is 85.1 Å². The van der Waals surface area contributed by atoms with Gasteiger partial charge in [0.2, 0.25) is 5.82 Å². The monoisotopic (exact) mass is 335 g/mol. The molecule has 22 heavy (non-hydrogen) atoms. The van der Waals surface area contributed by atoms with Crippen LogP contribution in [0.1, 0.15) is 12.1 Å². The summed E-state index contributed by atoms with van der Waals surface area (Å²) in [5.41, 5.74) is 0. The lowest BCUT2D eigenvalue weighted by atomic mass is 10.1. The Kier molecular flexibility index (Phi) is 5.32. The summed E-state index contributed by atoms with van der Waals surface area (Å²) in [5, 5.41) is 45.1. The number of aliphatic hydroxyl groups is 4. The molecule has 0 aliphatic carbocycles. The fourth-order valence-electron chi connectivity index (χ4n) is 2.29. The number of nitrogens with zero attached hydrogens (tertiary/aromatic N) is 4. The van der Waals surface area contributed by atoms with E-state index in [0.29, 0.717) is 18.2 Å². The number of amidine groups is 1. The predicted octanol–water partition coefficient (Wildman–Crippen LogP) is -2.98. The van der Waals surface area contributed by atoms with Crippen LogP contribution in [0.5, 0.6) is 0 Å². The molecule has 5 N–H and O–H groups in total. The van der Waals surface area contributed by atoms with Crippen molar-refractivity contribution in [1.29, 1.82) is 0 Å². The lowest BCUT2D eigenvalue weighted by Crippen LogP contribution is -2.40. The molecule has 2 aliphatic heterocycles. The maximum Gasteiger partial charge on any atom is 0.216 e. The first kappa shape index (κ1) is 17.1. The van der Waals surface area contributed by atoms with Crippen LogP contribution in [0.15, 0.2) is 11.3 Å². The molecule has 0 bridgehead atoms. The van der Waals surface area contributed by atoms with E-state index in [9.17, 15) is 15.3 Å². The van der Waals surface area contributed by atoms with Crippen molar-refractivity contribution in [2.75, 3.05) is 19.7 Å². The van der Waals surface area contributed by atoms with E-state index in [2.05, 4.69) is 20.4 Å². The quantitative estimate of drug-likeness (QED) is 0.393. The molecule has 0 spiro atoms. The second kappa shape index (κ2) is 6.86. The van der Waals surface area contributed by atoms with Gasteiger partial charge in [0.15, 0.2) is 12.1 Å². The molecular formula is C11H18ClN5O5. The summed E-state index contributed by atoms with van der Waals surface area (Å²) in [6.45, 7) is 0.231. The van der Waals surface area contributed by atoms with Crippen LogP contribution in [0.25, 0.3) is 0 Å². The maximum absolute atomic E-state index is 9.91. The van der Waals surface area contributed by atoms with E-state index in [1.807, 2.05) is 0 Å². The highest BCUT2D eigenvalue weighted by Gasteiger charge is 2.44. The summed E-state index contributed by atoms with van der Waals surface area (Å²) < 4.78 is 6.62. The Labute approximate surface area is 131 Å². The molecule has 3 heterocycles. The third-order valence-electron chi connectivity index (χ3n) is 3.46. The van der Waals surface area contributed by atoms with Gasteiger partial charge in [-0.15, -0.1) is 17.5 Å². The molecule has 0 radical (unpaired) electrons. The molecule has 1 aromatic heterocycles. The summed E-state index contributed by atoms with van der Waals surface area (Å²) in [6.07, 6.45) is -3.36. The van der Waals surface area contributed by atoms with Crippen molar-refractivity contribution in [3.8, 4) is 0 Å². The largest absolute Gasteiger partial charge is 0.394 e. The van der Waals surface area contributed by atoms with Crippen LogP contribution in [-0.2, 0) is 4.74 Å². The molecule has 0 saturated carbocycles. The van der Waals surface area contributed by atoms with Crippen LogP contribution < -0.4 is 5.32 Å². The van der Waals surface area contributed by atoms with Crippen molar-refractivity contribution in [3.05, 3.63) is 12.2 Å². The number of hydrogen-bond donors (Lipinski definition) is 5. The summed E-state index contributed by atoms with van der Waals surface area (Å²) >= 11 is 0. The Balaban J connectivity index is 0.00000176. The minimum Gasteiger partial charge on any atom is -0.394 e. The van der Waals surface area contributed by atoms with Gasteiger partial charge in [-0.1, -0.05) is 0 Å². The number of rotatable bonds is 3. The predicted molar refractivity (Wildman–Crippen MR) is 75.7 cm³/mol. The van der Waals surface area contributed by atoms with E-state index < -0.39 is 37.3 Å². The Morgan fingerprint density at radius 1 is 1.32 bits per heavy atom. The zero-order valence-corrected chi connectivity index (χ0v) is 12.3. The first-order valence-corrected chi connectivity index (χ1v) is 6.60. The Hall–Kier alpha value is -1.30. The molecule has 2 aliphatic rings. The number of β-amino-alcohol motifs (C(OH)–C–C–N with tert-alkyl or cyclic N) is 1. The third kappa shape index (κ3) is 3.07. The minimum absolute atomic E-state index is 0. The fourth-order valence-corrected chi connectivity index (χ4v) is 2.29. The number of halogens is 1. The second-order valence-electron chi connectivity index (χ2n) is 5.00. The highest BCUT2D eigenvalue weighted by Crippen LogP contribution is 2.28. The van der Waals surface area contributed by atoms with Gasteiger partial charge in [-0.2, -0.15) is 0 Å². The zero-order chi connectivity index (χ0) is 15.0. The van der Waals surface area contributed by atoms with Gasteiger partial charge in [-0.3, -0.25) is 4.99 Å². The molecule has 11 heteroatoms. The van der Waals surface area contributed by atoms with Gasteiger partial charge >= 0.3 is 0 Å². The van der Waals surface area contributed by atoms with Gasteiger partial charge in [0, 0.05) is 6.54 Å². The molecule has 124 valence electrons. The molecule has 0 aromatic carbocycles. The number of hydrogen-bond acceptors (Lipinski definition) is 9. The molecule has 10 nitrogen and oxygen atoms in total. The van der Waals surface area contributed by atoms with E-state index in [0.717, 1.165) is 0 Å². The Morgan fingerprint density at radius 3 is 2.68 bits per heavy atom. The van der Waals surface area contributed by atoms with E-state index in [1.165, 1.54) is 11.0 Å². The molecule has 1 saturated heterocycles. The third-order valence-corrected chi connectivity index (χ3v) is 3.46. The summed E-state index contributed by atoms with van der Waals surface area (Å²) in [4.78, 5) is 8.17. The average molecular weight is 336 g/mol. The molecule has 5 unspecified atom stereocenters. The average Bonchev–Trinajstić information content (AvgIpc) is 3.07. The van der Waals surface area contributed by atoms with Crippen LogP contribution in [0.2, 0.25) is 0 Å². The molecule has 0 amide bonds. The van der Waals surface area contributed by atoms with Gasteiger partial charge < -0.3 is 30.5 Å². The fraction of sp³-hybridized carbons (Fsp3) is 0.727. The number of aliphatic imine (C=N–C) groups is 1. The Morgan fingerprint density at radius 2 is 2.09 bits per heavy atom. The van der Waals surface area contributed by atoms with Crippen molar-refractivity contribution >= 4 is 18.2 Å². The van der Waals surface area contributed by atoms with Gasteiger partial charge in [-0.05, 0) is 0 Å². The van der Waals surface area contributed by atoms with Crippen molar-refractivity contribution < 1.29 is 25.2 Å². The molecular weight excluding hydrogens is 318 g/mol. The molecule has 3 rings (SSSR count). The van der Waals surface area contributed by atoms with E-state index in [4.69, 9.17) is 9.84 Å². The summed E-state index contributed by atoms with van der Waals surface area (Å²) in [7, 11) is 0. The lowest BCUT2D eigenvalue weighted by molar-refractivity contribution is -0.0588. The second-order valence-corrected chi connectivity index (χ2v) is 5.00. The van der Waals surface area contributed by atoms with Crippen molar-refractivity contribution in [2.45, 2.75) is 30.6 Å². The van der Waals surface area contributed by atoms with Crippen molar-refractivity contribution in [2.24, 2.45) is 4.99 Å². The smallest absolute Gasteiger partial charge is 0.216 e.